The normalized spacial score (nSPS) is 38.9. The van der Waals surface area contributed by atoms with Crippen LogP contribution in [0.1, 0.15) is 105 Å². The molecule has 0 unspecified atom stereocenters. The number of carbonyl (C=O) groups is 1. The fraction of sp³-hybridized carbons (Fsp3) is 0.900. The van der Waals surface area contributed by atoms with Gasteiger partial charge in [0.15, 0.2) is 0 Å². The maximum Gasteiger partial charge on any atom is 0.407 e. The number of fused-ring (bicyclic) bond motifs is 5. The molecule has 3 fully saturated rings. The number of nitrogens with one attached hydrogen (secondary N) is 1. The minimum atomic E-state index is -0.304. The highest BCUT2D eigenvalue weighted by Gasteiger charge is 2.59. The summed E-state index contributed by atoms with van der Waals surface area (Å²) in [7, 11) is 0. The van der Waals surface area contributed by atoms with E-state index in [-0.39, 0.29) is 24.6 Å². The van der Waals surface area contributed by atoms with Gasteiger partial charge in [0.05, 0.1) is 0 Å². The molecule has 0 saturated heterocycles. The second kappa shape index (κ2) is 11.8. The van der Waals surface area contributed by atoms with Crippen LogP contribution in [0.2, 0.25) is 0 Å². The van der Waals surface area contributed by atoms with Crippen LogP contribution in [0.3, 0.4) is 0 Å². The van der Waals surface area contributed by atoms with E-state index in [1.807, 2.05) is 0 Å². The molecular formula is C30H53ClN2O2. The summed E-state index contributed by atoms with van der Waals surface area (Å²) >= 11 is 0. The topological polar surface area (TPSA) is 64.3 Å². The van der Waals surface area contributed by atoms with E-state index in [2.05, 4.69) is 46.0 Å². The molecule has 4 aliphatic carbocycles. The summed E-state index contributed by atoms with van der Waals surface area (Å²) in [5.41, 5.74) is 7.93. The standard InChI is InChI=1S/C30H52N2O2.ClH/c1-20(2)7-6-8-21(3)25-11-12-26-24-10-9-22-19-23(34-28(33)32-18-17-31)13-15-29(22,4)27(24)14-16-30(25,26)5;/h9,20-21,23-27H,6-8,10-19,31H2,1-5H3,(H,32,33);1H/t21-,23+,24+,25-,26+,27+,29+,30-;/m1./s1. The second-order valence-electron chi connectivity index (χ2n) is 13.3. The van der Waals surface area contributed by atoms with Crippen LogP contribution in [0.4, 0.5) is 4.79 Å². The lowest BCUT2D eigenvalue weighted by Crippen LogP contribution is -2.51. The zero-order chi connectivity index (χ0) is 24.5. The molecule has 0 bridgehead atoms. The van der Waals surface area contributed by atoms with Gasteiger partial charge in [0.25, 0.3) is 0 Å². The molecule has 0 spiro atoms. The quantitative estimate of drug-likeness (QED) is 0.333. The molecule has 0 radical (unpaired) electrons. The van der Waals surface area contributed by atoms with Gasteiger partial charge in [-0.3, -0.25) is 0 Å². The van der Waals surface area contributed by atoms with Crippen LogP contribution in [0.15, 0.2) is 11.6 Å². The number of rotatable bonds is 8. The Bertz CT molecular complexity index is 755. The maximum atomic E-state index is 12.1. The van der Waals surface area contributed by atoms with E-state index in [0.29, 0.717) is 23.9 Å². The van der Waals surface area contributed by atoms with Gasteiger partial charge in [-0.25, -0.2) is 4.79 Å². The van der Waals surface area contributed by atoms with Crippen LogP contribution in [-0.2, 0) is 4.74 Å². The van der Waals surface area contributed by atoms with E-state index in [0.717, 1.165) is 54.8 Å². The summed E-state index contributed by atoms with van der Waals surface area (Å²) in [5.74, 6) is 5.18. The molecule has 4 aliphatic rings. The maximum absolute atomic E-state index is 12.1. The van der Waals surface area contributed by atoms with Gasteiger partial charge < -0.3 is 15.8 Å². The highest BCUT2D eigenvalue weighted by molar-refractivity contribution is 5.85. The van der Waals surface area contributed by atoms with E-state index in [1.165, 1.54) is 51.4 Å². The third kappa shape index (κ3) is 5.74. The summed E-state index contributed by atoms with van der Waals surface area (Å²) in [6.45, 7) is 13.4. The Kier molecular flexibility index (Phi) is 9.68. The minimum absolute atomic E-state index is 0. The van der Waals surface area contributed by atoms with Crippen molar-refractivity contribution in [3.05, 3.63) is 11.6 Å². The Morgan fingerprint density at radius 2 is 1.89 bits per heavy atom. The fourth-order valence-corrected chi connectivity index (χ4v) is 9.12. The molecule has 0 aromatic heterocycles. The van der Waals surface area contributed by atoms with E-state index in [4.69, 9.17) is 10.5 Å². The van der Waals surface area contributed by atoms with Crippen molar-refractivity contribution in [2.24, 2.45) is 52.1 Å². The van der Waals surface area contributed by atoms with Crippen molar-refractivity contribution in [3.8, 4) is 0 Å². The van der Waals surface area contributed by atoms with Crippen molar-refractivity contribution in [3.63, 3.8) is 0 Å². The van der Waals surface area contributed by atoms with Gasteiger partial charge >= 0.3 is 6.09 Å². The first-order valence-corrected chi connectivity index (χ1v) is 14.5. The van der Waals surface area contributed by atoms with Gasteiger partial charge in [-0.05, 0) is 91.3 Å². The smallest absolute Gasteiger partial charge is 0.407 e. The number of halogens is 1. The summed E-state index contributed by atoms with van der Waals surface area (Å²) in [6, 6.07) is 0. The number of amides is 1. The molecule has 1 amide bonds. The molecule has 4 nitrogen and oxygen atoms in total. The largest absolute Gasteiger partial charge is 0.446 e. The Morgan fingerprint density at radius 1 is 1.11 bits per heavy atom. The number of carbonyl (C=O) groups excluding carboxylic acids is 1. The molecule has 0 aromatic rings. The number of allylic oxidation sites excluding steroid dienone is 1. The molecular weight excluding hydrogens is 456 g/mol. The Hall–Kier alpha value is -0.740. The highest BCUT2D eigenvalue weighted by atomic mass is 35.5. The lowest BCUT2D eigenvalue weighted by atomic mass is 9.47. The van der Waals surface area contributed by atoms with E-state index in [9.17, 15) is 4.79 Å². The predicted molar refractivity (Wildman–Crippen MR) is 148 cm³/mol. The zero-order valence-corrected chi connectivity index (χ0v) is 23.9. The van der Waals surface area contributed by atoms with Crippen molar-refractivity contribution in [1.82, 2.24) is 5.32 Å². The summed E-state index contributed by atoms with van der Waals surface area (Å²) in [5, 5.41) is 2.76. The number of hydrogen-bond acceptors (Lipinski definition) is 3. The zero-order valence-electron chi connectivity index (χ0n) is 23.1. The molecule has 3 N–H and O–H groups in total. The van der Waals surface area contributed by atoms with Crippen LogP contribution >= 0.6 is 12.4 Å². The van der Waals surface area contributed by atoms with E-state index in [1.54, 1.807) is 5.57 Å². The molecule has 4 rings (SSSR count). The van der Waals surface area contributed by atoms with Gasteiger partial charge in [0.2, 0.25) is 0 Å². The molecule has 0 aliphatic heterocycles. The van der Waals surface area contributed by atoms with Gasteiger partial charge in [-0.1, -0.05) is 65.5 Å². The number of nitrogens with two attached hydrogens (primary N) is 1. The predicted octanol–water partition coefficient (Wildman–Crippen LogP) is 7.50. The van der Waals surface area contributed by atoms with Crippen LogP contribution in [0.25, 0.3) is 0 Å². The van der Waals surface area contributed by atoms with Gasteiger partial charge in [0.1, 0.15) is 6.10 Å². The number of ether oxygens (including phenoxy) is 1. The fourth-order valence-electron chi connectivity index (χ4n) is 9.12. The molecule has 3 saturated carbocycles. The van der Waals surface area contributed by atoms with Crippen LogP contribution in [0, 0.1) is 46.3 Å². The summed E-state index contributed by atoms with van der Waals surface area (Å²) in [6.07, 6.45) is 16.5. The first-order chi connectivity index (χ1) is 16.2. The van der Waals surface area contributed by atoms with E-state index >= 15 is 0 Å². The van der Waals surface area contributed by atoms with Crippen LogP contribution in [-0.4, -0.2) is 25.3 Å². The lowest BCUT2D eigenvalue weighted by molar-refractivity contribution is -0.0581. The number of alkyl carbamates (subject to hydrolysis) is 1. The lowest BCUT2D eigenvalue weighted by Gasteiger charge is -2.58. The van der Waals surface area contributed by atoms with Crippen LogP contribution in [0.5, 0.6) is 0 Å². The Morgan fingerprint density at radius 3 is 2.60 bits per heavy atom. The third-order valence-corrected chi connectivity index (χ3v) is 10.9. The molecule has 202 valence electrons. The summed E-state index contributed by atoms with van der Waals surface area (Å²) in [4.78, 5) is 12.1. The van der Waals surface area contributed by atoms with Crippen molar-refractivity contribution in [2.75, 3.05) is 13.1 Å². The molecule has 8 atom stereocenters. The van der Waals surface area contributed by atoms with Gasteiger partial charge in [-0.2, -0.15) is 0 Å². The van der Waals surface area contributed by atoms with E-state index < -0.39 is 0 Å². The highest BCUT2D eigenvalue weighted by Crippen LogP contribution is 2.67. The first kappa shape index (κ1) is 28.8. The Balaban J connectivity index is 0.00000342. The van der Waals surface area contributed by atoms with Crippen molar-refractivity contribution >= 4 is 18.5 Å². The van der Waals surface area contributed by atoms with Crippen molar-refractivity contribution < 1.29 is 9.53 Å². The minimum Gasteiger partial charge on any atom is -0.446 e. The van der Waals surface area contributed by atoms with Gasteiger partial charge in [-0.15, -0.1) is 12.4 Å². The molecule has 0 heterocycles. The number of hydrogen-bond donors (Lipinski definition) is 2. The molecule has 0 aromatic carbocycles. The average Bonchev–Trinajstić information content (AvgIpc) is 3.15. The second-order valence-corrected chi connectivity index (χ2v) is 13.3. The third-order valence-electron chi connectivity index (χ3n) is 10.9. The first-order valence-electron chi connectivity index (χ1n) is 14.5. The molecule has 5 heteroatoms. The van der Waals surface area contributed by atoms with Crippen molar-refractivity contribution in [1.29, 1.82) is 0 Å². The average molecular weight is 509 g/mol. The Labute approximate surface area is 221 Å². The van der Waals surface area contributed by atoms with Gasteiger partial charge in [0, 0.05) is 19.5 Å². The monoisotopic (exact) mass is 508 g/mol. The van der Waals surface area contributed by atoms with Crippen LogP contribution < -0.4 is 11.1 Å². The summed E-state index contributed by atoms with van der Waals surface area (Å²) < 4.78 is 5.75. The SMILES string of the molecule is CC(C)CCC[C@@H](C)[C@H]1CC[C@H]2[C@@H]3CC=C4C[C@@H](OC(=O)NCCN)CC[C@]4(C)[C@H]3CC[C@]12C.Cl. The molecule has 35 heavy (non-hydrogen) atoms. The van der Waals surface area contributed by atoms with Crippen molar-refractivity contribution in [2.45, 2.75) is 111 Å².